The molecule has 5 nitrogen and oxygen atoms in total. The summed E-state index contributed by atoms with van der Waals surface area (Å²) in [4.78, 5) is 11.1. The van der Waals surface area contributed by atoms with Gasteiger partial charge in [-0.15, -0.1) is 0 Å². The first-order chi connectivity index (χ1) is 6.60. The van der Waals surface area contributed by atoms with Gasteiger partial charge >= 0.3 is 5.97 Å². The van der Waals surface area contributed by atoms with Gasteiger partial charge in [0.05, 0.1) is 31.2 Å². The number of esters is 1. The standard InChI is InChI=1S/C9H12N2O3/c1-13-8-6(10)3-5(4-7(8)11)9(12)14-2/h3-4H,10-11H2,1-2H3. The summed E-state index contributed by atoms with van der Waals surface area (Å²) in [5, 5.41) is 0. The van der Waals surface area contributed by atoms with Gasteiger partial charge in [0.1, 0.15) is 0 Å². The van der Waals surface area contributed by atoms with Crippen LogP contribution in [-0.2, 0) is 4.74 Å². The molecule has 4 N–H and O–H groups in total. The van der Waals surface area contributed by atoms with Crippen molar-refractivity contribution in [1.29, 1.82) is 0 Å². The number of benzene rings is 1. The number of rotatable bonds is 2. The summed E-state index contributed by atoms with van der Waals surface area (Å²) in [5.74, 6) is -0.108. The first kappa shape index (κ1) is 10.2. The molecule has 0 amide bonds. The molecule has 0 unspecified atom stereocenters. The minimum atomic E-state index is -0.481. The maximum atomic E-state index is 11.1. The number of carbonyl (C=O) groups is 1. The van der Waals surface area contributed by atoms with Crippen LogP contribution in [0.25, 0.3) is 0 Å². The van der Waals surface area contributed by atoms with Gasteiger partial charge in [-0.25, -0.2) is 4.79 Å². The third-order valence-corrected chi connectivity index (χ3v) is 1.77. The Kier molecular flexibility index (Phi) is 2.81. The highest BCUT2D eigenvalue weighted by molar-refractivity contribution is 5.93. The van der Waals surface area contributed by atoms with Gasteiger partial charge in [0.15, 0.2) is 5.75 Å². The minimum Gasteiger partial charge on any atom is -0.492 e. The van der Waals surface area contributed by atoms with Gasteiger partial charge in [-0.1, -0.05) is 0 Å². The van der Waals surface area contributed by atoms with Crippen molar-refractivity contribution >= 4 is 17.3 Å². The van der Waals surface area contributed by atoms with E-state index in [0.717, 1.165) is 0 Å². The van der Waals surface area contributed by atoms with Crippen molar-refractivity contribution in [3.8, 4) is 5.75 Å². The van der Waals surface area contributed by atoms with Crippen molar-refractivity contribution in [2.45, 2.75) is 0 Å². The van der Waals surface area contributed by atoms with E-state index in [-0.39, 0.29) is 0 Å². The number of carbonyl (C=O) groups excluding carboxylic acids is 1. The number of nitrogens with two attached hydrogens (primary N) is 2. The fraction of sp³-hybridized carbons (Fsp3) is 0.222. The van der Waals surface area contributed by atoms with Crippen LogP contribution in [0.15, 0.2) is 12.1 Å². The lowest BCUT2D eigenvalue weighted by Crippen LogP contribution is -2.05. The van der Waals surface area contributed by atoms with E-state index in [4.69, 9.17) is 16.2 Å². The number of ether oxygens (including phenoxy) is 2. The van der Waals surface area contributed by atoms with Gasteiger partial charge < -0.3 is 20.9 Å². The van der Waals surface area contributed by atoms with Crippen molar-refractivity contribution in [3.05, 3.63) is 17.7 Å². The zero-order valence-corrected chi connectivity index (χ0v) is 8.03. The molecule has 0 aliphatic rings. The Hall–Kier alpha value is -1.91. The molecule has 0 aliphatic heterocycles. The maximum absolute atomic E-state index is 11.1. The molecular weight excluding hydrogens is 184 g/mol. The Balaban J connectivity index is 3.20. The summed E-state index contributed by atoms with van der Waals surface area (Å²) >= 11 is 0. The molecule has 0 atom stereocenters. The third-order valence-electron chi connectivity index (χ3n) is 1.77. The molecule has 0 fully saturated rings. The molecular formula is C9H12N2O3. The van der Waals surface area contributed by atoms with Crippen LogP contribution in [0.1, 0.15) is 10.4 Å². The summed E-state index contributed by atoms with van der Waals surface area (Å²) in [6.45, 7) is 0. The van der Waals surface area contributed by atoms with Crippen LogP contribution in [0.2, 0.25) is 0 Å². The molecule has 0 saturated heterocycles. The van der Waals surface area contributed by atoms with Crippen molar-refractivity contribution in [3.63, 3.8) is 0 Å². The highest BCUT2D eigenvalue weighted by Crippen LogP contribution is 2.30. The van der Waals surface area contributed by atoms with Crippen molar-refractivity contribution < 1.29 is 14.3 Å². The van der Waals surface area contributed by atoms with E-state index >= 15 is 0 Å². The third kappa shape index (κ3) is 1.71. The second-order valence-electron chi connectivity index (χ2n) is 2.68. The van der Waals surface area contributed by atoms with Gasteiger partial charge in [-0.3, -0.25) is 0 Å². The summed E-state index contributed by atoms with van der Waals surface area (Å²) in [6.07, 6.45) is 0. The number of methoxy groups -OCH3 is 2. The minimum absolute atomic E-state index is 0.309. The van der Waals surface area contributed by atoms with E-state index in [1.165, 1.54) is 26.4 Å². The molecule has 14 heavy (non-hydrogen) atoms. The summed E-state index contributed by atoms with van der Waals surface area (Å²) in [5.41, 5.74) is 12.2. The molecule has 0 saturated carbocycles. The normalized spacial score (nSPS) is 9.57. The summed E-state index contributed by atoms with van der Waals surface area (Å²) < 4.78 is 9.47. The molecule has 0 heterocycles. The molecule has 0 aromatic heterocycles. The number of anilines is 2. The van der Waals surface area contributed by atoms with E-state index in [1.54, 1.807) is 0 Å². The fourth-order valence-electron chi connectivity index (χ4n) is 1.15. The second-order valence-corrected chi connectivity index (χ2v) is 2.68. The Bertz CT molecular complexity index is 340. The molecule has 0 radical (unpaired) electrons. The van der Waals surface area contributed by atoms with Gasteiger partial charge in [0.2, 0.25) is 0 Å². The van der Waals surface area contributed by atoms with Gasteiger partial charge in [0, 0.05) is 0 Å². The van der Waals surface area contributed by atoms with Crippen LogP contribution in [0.5, 0.6) is 5.75 Å². The summed E-state index contributed by atoms with van der Waals surface area (Å²) in [7, 11) is 2.75. The van der Waals surface area contributed by atoms with E-state index in [2.05, 4.69) is 4.74 Å². The predicted molar refractivity (Wildman–Crippen MR) is 53.2 cm³/mol. The van der Waals surface area contributed by atoms with Crippen molar-refractivity contribution in [2.75, 3.05) is 25.7 Å². The second kappa shape index (κ2) is 3.87. The highest BCUT2D eigenvalue weighted by atomic mass is 16.5. The van der Waals surface area contributed by atoms with Gasteiger partial charge in [-0.2, -0.15) is 0 Å². The molecule has 0 spiro atoms. The molecule has 76 valence electrons. The van der Waals surface area contributed by atoms with Crippen LogP contribution >= 0.6 is 0 Å². The number of hydrogen-bond acceptors (Lipinski definition) is 5. The largest absolute Gasteiger partial charge is 0.492 e. The van der Waals surface area contributed by atoms with E-state index in [1.807, 2.05) is 0 Å². The first-order valence-corrected chi connectivity index (χ1v) is 3.91. The molecule has 0 aliphatic carbocycles. The Labute approximate surface area is 81.6 Å². The zero-order chi connectivity index (χ0) is 10.7. The topological polar surface area (TPSA) is 87.6 Å². The molecule has 1 aromatic rings. The fourth-order valence-corrected chi connectivity index (χ4v) is 1.15. The monoisotopic (exact) mass is 196 g/mol. The van der Waals surface area contributed by atoms with Crippen molar-refractivity contribution in [1.82, 2.24) is 0 Å². The first-order valence-electron chi connectivity index (χ1n) is 3.91. The Morgan fingerprint density at radius 3 is 2.07 bits per heavy atom. The van der Waals surface area contributed by atoms with Crippen LogP contribution in [-0.4, -0.2) is 20.2 Å². The highest BCUT2D eigenvalue weighted by Gasteiger charge is 2.11. The lowest BCUT2D eigenvalue weighted by molar-refractivity contribution is 0.0601. The summed E-state index contributed by atoms with van der Waals surface area (Å²) in [6, 6.07) is 2.92. The average Bonchev–Trinajstić information content (AvgIpc) is 2.16. The quantitative estimate of drug-likeness (QED) is 0.535. The van der Waals surface area contributed by atoms with Crippen molar-refractivity contribution in [2.24, 2.45) is 0 Å². The average molecular weight is 196 g/mol. The van der Waals surface area contributed by atoms with Crippen LogP contribution in [0.3, 0.4) is 0 Å². The SMILES string of the molecule is COC(=O)c1cc(N)c(OC)c(N)c1. The van der Waals surface area contributed by atoms with Crippen LogP contribution in [0.4, 0.5) is 11.4 Å². The van der Waals surface area contributed by atoms with Crippen LogP contribution in [0, 0.1) is 0 Å². The Morgan fingerprint density at radius 2 is 1.71 bits per heavy atom. The zero-order valence-electron chi connectivity index (χ0n) is 8.03. The molecule has 5 heteroatoms. The van der Waals surface area contributed by atoms with Gasteiger partial charge in [-0.05, 0) is 12.1 Å². The lowest BCUT2D eigenvalue weighted by atomic mass is 10.1. The predicted octanol–water partition coefficient (Wildman–Crippen LogP) is 0.646. The van der Waals surface area contributed by atoms with E-state index in [9.17, 15) is 4.79 Å². The maximum Gasteiger partial charge on any atom is 0.338 e. The molecule has 1 aromatic carbocycles. The van der Waals surface area contributed by atoms with E-state index in [0.29, 0.717) is 22.7 Å². The Morgan fingerprint density at radius 1 is 1.21 bits per heavy atom. The number of hydrogen-bond donors (Lipinski definition) is 2. The molecule has 1 rings (SSSR count). The van der Waals surface area contributed by atoms with E-state index < -0.39 is 5.97 Å². The smallest absolute Gasteiger partial charge is 0.338 e. The number of nitrogen functional groups attached to an aromatic ring is 2. The lowest BCUT2D eigenvalue weighted by Gasteiger charge is -2.09. The van der Waals surface area contributed by atoms with Crippen LogP contribution < -0.4 is 16.2 Å². The van der Waals surface area contributed by atoms with Gasteiger partial charge in [0.25, 0.3) is 0 Å². The molecule has 0 bridgehead atoms.